The van der Waals surface area contributed by atoms with Gasteiger partial charge < -0.3 is 9.13 Å². The number of nitrogens with zero attached hydrogens (tertiary/aromatic N) is 4. The summed E-state index contributed by atoms with van der Waals surface area (Å²) < 4.78 is 7.04. The molecule has 0 radical (unpaired) electrons. The van der Waals surface area contributed by atoms with E-state index < -0.39 is 0 Å². The van der Waals surface area contributed by atoms with E-state index in [1.54, 1.807) is 0 Å². The third kappa shape index (κ3) is 5.14. The van der Waals surface area contributed by atoms with E-state index in [2.05, 4.69) is 214 Å². The second kappa shape index (κ2) is 13.1. The Kier molecular flexibility index (Phi) is 7.43. The second-order valence-electron chi connectivity index (χ2n) is 14.8. The van der Waals surface area contributed by atoms with Crippen molar-refractivity contribution in [2.75, 3.05) is 0 Å². The fourth-order valence-corrected chi connectivity index (χ4v) is 9.87. The van der Waals surface area contributed by atoms with E-state index in [0.29, 0.717) is 0 Å². The van der Waals surface area contributed by atoms with E-state index in [4.69, 9.17) is 4.98 Å². The van der Waals surface area contributed by atoms with E-state index in [1.165, 1.54) is 58.9 Å². The number of hydrogen-bond donors (Lipinski definition) is 0. The normalized spacial score (nSPS) is 11.9. The lowest BCUT2D eigenvalue weighted by atomic mass is 10.1. The summed E-state index contributed by atoms with van der Waals surface area (Å²) >= 11 is 1.81. The third-order valence-electron chi connectivity index (χ3n) is 11.5. The van der Waals surface area contributed by atoms with Gasteiger partial charge in [-0.3, -0.25) is 4.57 Å². The van der Waals surface area contributed by atoms with E-state index in [0.717, 1.165) is 44.6 Å². The molecule has 4 nitrogen and oxygen atoms in total. The molecule has 0 atom stereocenters. The van der Waals surface area contributed by atoms with Gasteiger partial charge in [0.15, 0.2) is 0 Å². The van der Waals surface area contributed by atoms with E-state index in [9.17, 15) is 0 Å². The number of pyridine rings is 1. The average Bonchev–Trinajstić information content (AvgIpc) is 3.92. The molecule has 0 bridgehead atoms. The molecule has 12 rings (SSSR count). The Morgan fingerprint density at radius 1 is 0.310 bits per heavy atom. The monoisotopic (exact) mass is 758 g/mol. The van der Waals surface area contributed by atoms with Crippen LogP contribution in [0.1, 0.15) is 0 Å². The van der Waals surface area contributed by atoms with Crippen LogP contribution in [0.5, 0.6) is 0 Å². The van der Waals surface area contributed by atoms with Gasteiger partial charge in [-0.05, 0) is 96.1 Å². The van der Waals surface area contributed by atoms with Gasteiger partial charge in [0.2, 0.25) is 0 Å². The van der Waals surface area contributed by atoms with Crippen LogP contribution in [0.15, 0.2) is 216 Å². The molecule has 272 valence electrons. The molecule has 8 aromatic carbocycles. The molecule has 0 fully saturated rings. The molecular weight excluding hydrogens is 725 g/mol. The molecule has 12 aromatic rings. The molecule has 58 heavy (non-hydrogen) atoms. The first-order chi connectivity index (χ1) is 28.8. The van der Waals surface area contributed by atoms with Gasteiger partial charge in [-0.2, -0.15) is 0 Å². The minimum Gasteiger partial charge on any atom is -0.309 e. The molecule has 0 saturated carbocycles. The lowest BCUT2D eigenvalue weighted by Gasteiger charge is -2.11. The Hall–Kier alpha value is -7.34. The van der Waals surface area contributed by atoms with Gasteiger partial charge in [0.25, 0.3) is 0 Å². The van der Waals surface area contributed by atoms with Crippen molar-refractivity contribution in [3.63, 3.8) is 0 Å². The minimum absolute atomic E-state index is 0.955. The first kappa shape index (κ1) is 32.9. The summed E-state index contributed by atoms with van der Waals surface area (Å²) in [6.45, 7) is 0. The number of hydrogen-bond acceptors (Lipinski definition) is 2. The summed E-state index contributed by atoms with van der Waals surface area (Å²) in [5, 5.41) is 7.28. The van der Waals surface area contributed by atoms with Crippen LogP contribution in [0.4, 0.5) is 0 Å². The second-order valence-corrected chi connectivity index (χ2v) is 16.0. The molecule has 0 aliphatic rings. The molecule has 4 aromatic heterocycles. The van der Waals surface area contributed by atoms with Gasteiger partial charge in [0, 0.05) is 53.5 Å². The molecule has 0 N–H and O–H groups in total. The van der Waals surface area contributed by atoms with Gasteiger partial charge in [-0.1, -0.05) is 127 Å². The zero-order valence-electron chi connectivity index (χ0n) is 31.3. The van der Waals surface area contributed by atoms with Crippen LogP contribution in [0.2, 0.25) is 0 Å². The average molecular weight is 759 g/mol. The minimum atomic E-state index is 0.955. The first-order valence-electron chi connectivity index (χ1n) is 19.6. The fourth-order valence-electron chi connectivity index (χ4n) is 8.97. The maximum absolute atomic E-state index is 5.16. The molecule has 0 aliphatic heterocycles. The molecule has 0 saturated heterocycles. The molecule has 0 unspecified atom stereocenters. The standard InChI is InChI=1S/C53H34N4S/c1-3-14-35(15-4-1)36-16-13-19-38(30-36)55-48-23-10-7-20-42(48)45-32-40(26-28-51(45)55)58-41-27-29-52-46(33-41)43-21-8-11-24-49(43)56(52)39-31-47-44-22-9-12-25-50(44)57(53(47)54-34-39)37-17-5-2-6-18-37/h1-34H. The summed E-state index contributed by atoms with van der Waals surface area (Å²) in [4.78, 5) is 7.57. The summed E-state index contributed by atoms with van der Waals surface area (Å²) in [6.07, 6.45) is 2.03. The molecule has 5 heteroatoms. The fraction of sp³-hybridized carbons (Fsp3) is 0. The van der Waals surface area contributed by atoms with E-state index in [1.807, 2.05) is 18.0 Å². The van der Waals surface area contributed by atoms with Crippen LogP contribution in [0, 0.1) is 0 Å². The van der Waals surface area contributed by atoms with Crippen molar-refractivity contribution in [2.24, 2.45) is 0 Å². The highest BCUT2D eigenvalue weighted by Crippen LogP contribution is 2.41. The number of benzene rings is 8. The maximum atomic E-state index is 5.16. The Bertz CT molecular complexity index is 3540. The van der Waals surface area contributed by atoms with Crippen molar-refractivity contribution in [3.05, 3.63) is 206 Å². The van der Waals surface area contributed by atoms with Crippen LogP contribution < -0.4 is 0 Å². The lowest BCUT2D eigenvalue weighted by Crippen LogP contribution is -1.98. The number of rotatable bonds is 6. The SMILES string of the molecule is c1ccc(-c2cccc(-n3c4ccccc4c4cc(Sc5ccc6c(c5)c5ccccc5n6-c5cnc6c(c5)c5ccccc5n6-c5ccccc5)ccc43)c2)cc1. The van der Waals surface area contributed by atoms with Crippen molar-refractivity contribution in [1.82, 2.24) is 18.7 Å². The topological polar surface area (TPSA) is 27.7 Å². The summed E-state index contributed by atoms with van der Waals surface area (Å²) in [5.41, 5.74) is 12.6. The van der Waals surface area contributed by atoms with Crippen LogP contribution in [-0.4, -0.2) is 18.7 Å². The predicted octanol–water partition coefficient (Wildman–Crippen LogP) is 14.2. The van der Waals surface area contributed by atoms with Gasteiger partial charge in [0.1, 0.15) is 5.65 Å². The molecule has 0 spiro atoms. The van der Waals surface area contributed by atoms with E-state index in [-0.39, 0.29) is 0 Å². The Morgan fingerprint density at radius 2 is 0.793 bits per heavy atom. The Labute approximate surface area is 338 Å². The zero-order valence-corrected chi connectivity index (χ0v) is 32.1. The highest BCUT2D eigenvalue weighted by Gasteiger charge is 2.19. The Balaban J connectivity index is 0.955. The van der Waals surface area contributed by atoms with Crippen LogP contribution in [0.25, 0.3) is 93.7 Å². The lowest BCUT2D eigenvalue weighted by molar-refractivity contribution is 1.11. The third-order valence-corrected chi connectivity index (χ3v) is 12.5. The van der Waals surface area contributed by atoms with Gasteiger partial charge in [-0.25, -0.2) is 4.98 Å². The zero-order chi connectivity index (χ0) is 38.2. The van der Waals surface area contributed by atoms with Gasteiger partial charge in [0.05, 0.1) is 39.5 Å². The van der Waals surface area contributed by atoms with Crippen molar-refractivity contribution in [2.45, 2.75) is 9.79 Å². The highest BCUT2D eigenvalue weighted by atomic mass is 32.2. The smallest absolute Gasteiger partial charge is 0.145 e. The quantitative estimate of drug-likeness (QED) is 0.169. The van der Waals surface area contributed by atoms with Crippen molar-refractivity contribution in [1.29, 1.82) is 0 Å². The molecular formula is C53H34N4S. The summed E-state index contributed by atoms with van der Waals surface area (Å²) in [7, 11) is 0. The number of fused-ring (bicyclic) bond motifs is 9. The molecule has 4 heterocycles. The predicted molar refractivity (Wildman–Crippen MR) is 243 cm³/mol. The van der Waals surface area contributed by atoms with Crippen molar-refractivity contribution < 1.29 is 0 Å². The Morgan fingerprint density at radius 3 is 1.43 bits per heavy atom. The number of aromatic nitrogens is 4. The highest BCUT2D eigenvalue weighted by molar-refractivity contribution is 7.99. The largest absolute Gasteiger partial charge is 0.309 e. The van der Waals surface area contributed by atoms with Gasteiger partial charge in [-0.15, -0.1) is 0 Å². The first-order valence-corrected chi connectivity index (χ1v) is 20.4. The van der Waals surface area contributed by atoms with Crippen LogP contribution in [-0.2, 0) is 0 Å². The molecule has 0 aliphatic carbocycles. The van der Waals surface area contributed by atoms with Crippen LogP contribution in [0.3, 0.4) is 0 Å². The maximum Gasteiger partial charge on any atom is 0.145 e. The summed E-state index contributed by atoms with van der Waals surface area (Å²) in [5.74, 6) is 0. The van der Waals surface area contributed by atoms with Crippen molar-refractivity contribution >= 4 is 77.3 Å². The molecule has 0 amide bonds. The summed E-state index contributed by atoms with van der Waals surface area (Å²) in [6, 6.07) is 72.2. The van der Waals surface area contributed by atoms with E-state index >= 15 is 0 Å². The number of para-hydroxylation sites is 4. The van der Waals surface area contributed by atoms with Crippen molar-refractivity contribution in [3.8, 4) is 28.2 Å². The van der Waals surface area contributed by atoms with Crippen LogP contribution >= 0.6 is 11.8 Å². The van der Waals surface area contributed by atoms with Gasteiger partial charge >= 0.3 is 0 Å².